The third-order valence-corrected chi connectivity index (χ3v) is 3.72. The third-order valence-electron chi connectivity index (χ3n) is 3.72. The molecule has 5 N–H and O–H groups in total. The fourth-order valence-electron chi connectivity index (χ4n) is 2.39. The van der Waals surface area contributed by atoms with Gasteiger partial charge in [0.05, 0.1) is 13.1 Å². The second-order valence-corrected chi connectivity index (χ2v) is 5.81. The average Bonchev–Trinajstić information content (AvgIpc) is 2.54. The van der Waals surface area contributed by atoms with Crippen molar-refractivity contribution in [3.8, 4) is 0 Å². The van der Waals surface area contributed by atoms with E-state index in [2.05, 4.69) is 5.32 Å². The van der Waals surface area contributed by atoms with Crippen LogP contribution in [0.4, 0.5) is 5.69 Å². The van der Waals surface area contributed by atoms with Gasteiger partial charge in [0.2, 0.25) is 23.6 Å². The summed E-state index contributed by atoms with van der Waals surface area (Å²) in [5.41, 5.74) is 10.8. The Morgan fingerprint density at radius 2 is 1.42 bits per heavy atom. The Labute approximate surface area is 152 Å². The Morgan fingerprint density at radius 1 is 0.923 bits per heavy atom. The summed E-state index contributed by atoms with van der Waals surface area (Å²) in [6.07, 6.45) is 0. The van der Waals surface area contributed by atoms with Crippen LogP contribution in [-0.2, 0) is 9.59 Å². The van der Waals surface area contributed by atoms with Crippen LogP contribution in [0.2, 0.25) is 0 Å². The summed E-state index contributed by atoms with van der Waals surface area (Å²) in [6.45, 7) is 5.03. The lowest BCUT2D eigenvalue weighted by molar-refractivity contribution is -0.132. The lowest BCUT2D eigenvalue weighted by Gasteiger charge is -2.22. The van der Waals surface area contributed by atoms with E-state index in [1.54, 1.807) is 16.8 Å². The number of hydrogen-bond acceptors (Lipinski definition) is 5. The van der Waals surface area contributed by atoms with Gasteiger partial charge in [-0.1, -0.05) is 0 Å². The van der Waals surface area contributed by atoms with Crippen molar-refractivity contribution < 1.29 is 19.2 Å². The highest BCUT2D eigenvalue weighted by molar-refractivity contribution is 6.02. The molecule has 4 amide bonds. The Hall–Kier alpha value is -2.94. The van der Waals surface area contributed by atoms with Crippen LogP contribution in [0.25, 0.3) is 0 Å². The normalized spacial score (nSPS) is 10.5. The first-order valence-electron chi connectivity index (χ1n) is 8.18. The maximum absolute atomic E-state index is 12.2. The molecule has 0 aliphatic heterocycles. The van der Waals surface area contributed by atoms with Gasteiger partial charge in [0, 0.05) is 29.9 Å². The monoisotopic (exact) mass is 363 g/mol. The molecule has 0 aliphatic carbocycles. The molecule has 0 radical (unpaired) electrons. The van der Waals surface area contributed by atoms with Gasteiger partial charge in [0.15, 0.2) is 0 Å². The molecule has 9 nitrogen and oxygen atoms in total. The van der Waals surface area contributed by atoms with Crippen LogP contribution >= 0.6 is 0 Å². The quantitative estimate of drug-likeness (QED) is 0.549. The lowest BCUT2D eigenvalue weighted by Crippen LogP contribution is -2.41. The molecule has 0 heterocycles. The molecule has 1 aromatic rings. The number of nitrogens with zero attached hydrogens (tertiary/aromatic N) is 2. The second-order valence-electron chi connectivity index (χ2n) is 5.81. The number of nitrogens with two attached hydrogens (primary N) is 2. The van der Waals surface area contributed by atoms with Gasteiger partial charge in [-0.05, 0) is 39.1 Å². The van der Waals surface area contributed by atoms with Crippen molar-refractivity contribution >= 4 is 29.3 Å². The number of hydrogen-bond donors (Lipinski definition) is 3. The molecule has 0 fully saturated rings. The van der Waals surface area contributed by atoms with E-state index in [1.807, 2.05) is 13.8 Å². The first kappa shape index (κ1) is 21.1. The molecular formula is C17H25N5O4. The zero-order valence-electron chi connectivity index (χ0n) is 15.2. The minimum atomic E-state index is -0.745. The van der Waals surface area contributed by atoms with E-state index in [-0.39, 0.29) is 35.8 Å². The zero-order chi connectivity index (χ0) is 19.9. The van der Waals surface area contributed by atoms with Crippen molar-refractivity contribution in [2.75, 3.05) is 38.5 Å². The number of anilines is 1. The first-order chi connectivity index (χ1) is 12.2. The lowest BCUT2D eigenvalue weighted by atomic mass is 10.1. The summed E-state index contributed by atoms with van der Waals surface area (Å²) >= 11 is 0. The maximum atomic E-state index is 12.2. The van der Waals surface area contributed by atoms with Gasteiger partial charge in [-0.2, -0.15) is 0 Å². The predicted octanol–water partition coefficient (Wildman–Crippen LogP) is -0.377. The molecular weight excluding hydrogens is 338 g/mol. The van der Waals surface area contributed by atoms with Gasteiger partial charge in [0.1, 0.15) is 0 Å². The van der Waals surface area contributed by atoms with Crippen LogP contribution in [-0.4, -0.2) is 66.7 Å². The summed E-state index contributed by atoms with van der Waals surface area (Å²) in [5.74, 6) is -1.97. The van der Waals surface area contributed by atoms with Crippen LogP contribution in [0.5, 0.6) is 0 Å². The summed E-state index contributed by atoms with van der Waals surface area (Å²) < 4.78 is 0. The van der Waals surface area contributed by atoms with E-state index in [0.717, 1.165) is 0 Å². The molecule has 0 bridgehead atoms. The highest BCUT2D eigenvalue weighted by atomic mass is 16.2. The van der Waals surface area contributed by atoms with Crippen LogP contribution in [0.3, 0.4) is 0 Å². The standard InChI is InChI=1S/C17H25N5O4/c1-4-22(5-2)15(24)10-21(3)9-14(23)20-13-7-11(16(18)25)6-12(8-13)17(19)26/h6-8H,4-5,9-10H2,1-3H3,(H2,18,25)(H2,19,26)(H,20,23). The average molecular weight is 363 g/mol. The molecule has 1 aromatic carbocycles. The summed E-state index contributed by atoms with van der Waals surface area (Å²) in [4.78, 5) is 50.1. The summed E-state index contributed by atoms with van der Waals surface area (Å²) in [5, 5.41) is 2.57. The molecule has 0 spiro atoms. The van der Waals surface area contributed by atoms with E-state index >= 15 is 0 Å². The fourth-order valence-corrected chi connectivity index (χ4v) is 2.39. The van der Waals surface area contributed by atoms with E-state index in [1.165, 1.54) is 18.2 Å². The Bertz CT molecular complexity index is 668. The van der Waals surface area contributed by atoms with E-state index < -0.39 is 17.7 Å². The van der Waals surface area contributed by atoms with Crippen molar-refractivity contribution in [2.24, 2.45) is 11.5 Å². The molecule has 0 atom stereocenters. The molecule has 1 rings (SSSR count). The molecule has 142 valence electrons. The van der Waals surface area contributed by atoms with Crippen LogP contribution in [0.1, 0.15) is 34.6 Å². The van der Waals surface area contributed by atoms with Crippen LogP contribution < -0.4 is 16.8 Å². The SMILES string of the molecule is CCN(CC)C(=O)CN(C)CC(=O)Nc1cc(C(N)=O)cc(C(N)=O)c1. The van der Waals surface area contributed by atoms with Crippen molar-refractivity contribution in [3.63, 3.8) is 0 Å². The van der Waals surface area contributed by atoms with Gasteiger partial charge >= 0.3 is 0 Å². The summed E-state index contributed by atoms with van der Waals surface area (Å²) in [7, 11) is 1.65. The number of benzene rings is 1. The van der Waals surface area contributed by atoms with E-state index in [4.69, 9.17) is 11.5 Å². The van der Waals surface area contributed by atoms with Gasteiger partial charge in [-0.25, -0.2) is 0 Å². The zero-order valence-corrected chi connectivity index (χ0v) is 15.2. The number of carbonyl (C=O) groups is 4. The predicted molar refractivity (Wildman–Crippen MR) is 97.5 cm³/mol. The number of nitrogens with one attached hydrogen (secondary N) is 1. The molecule has 0 saturated carbocycles. The summed E-state index contributed by atoms with van der Waals surface area (Å²) in [6, 6.07) is 3.97. The minimum absolute atomic E-state index is 0.0420. The molecule has 0 aliphatic rings. The van der Waals surface area contributed by atoms with Gasteiger partial charge in [-0.15, -0.1) is 0 Å². The van der Waals surface area contributed by atoms with Crippen molar-refractivity contribution in [1.82, 2.24) is 9.80 Å². The van der Waals surface area contributed by atoms with Crippen molar-refractivity contribution in [2.45, 2.75) is 13.8 Å². The van der Waals surface area contributed by atoms with Crippen molar-refractivity contribution in [3.05, 3.63) is 29.3 Å². The maximum Gasteiger partial charge on any atom is 0.248 e. The number of amides is 4. The number of rotatable bonds is 9. The van der Waals surface area contributed by atoms with E-state index in [9.17, 15) is 19.2 Å². The fraction of sp³-hybridized carbons (Fsp3) is 0.412. The van der Waals surface area contributed by atoms with Crippen LogP contribution in [0, 0.1) is 0 Å². The largest absolute Gasteiger partial charge is 0.366 e. The molecule has 9 heteroatoms. The molecule has 0 saturated heterocycles. The second kappa shape index (κ2) is 9.52. The highest BCUT2D eigenvalue weighted by Gasteiger charge is 2.16. The molecule has 0 unspecified atom stereocenters. The van der Waals surface area contributed by atoms with Crippen molar-refractivity contribution in [1.29, 1.82) is 0 Å². The number of primary amides is 2. The third kappa shape index (κ3) is 6.17. The van der Waals surface area contributed by atoms with Gasteiger partial charge < -0.3 is 21.7 Å². The number of carbonyl (C=O) groups excluding carboxylic acids is 4. The van der Waals surface area contributed by atoms with Crippen LogP contribution in [0.15, 0.2) is 18.2 Å². The Morgan fingerprint density at radius 3 is 1.85 bits per heavy atom. The smallest absolute Gasteiger partial charge is 0.248 e. The first-order valence-corrected chi connectivity index (χ1v) is 8.18. The molecule has 0 aromatic heterocycles. The van der Waals surface area contributed by atoms with Gasteiger partial charge in [-0.3, -0.25) is 24.1 Å². The number of likely N-dealkylation sites (N-methyl/N-ethyl adjacent to an activating group) is 2. The topological polar surface area (TPSA) is 139 Å². The van der Waals surface area contributed by atoms with E-state index in [0.29, 0.717) is 13.1 Å². The highest BCUT2D eigenvalue weighted by Crippen LogP contribution is 2.15. The minimum Gasteiger partial charge on any atom is -0.366 e. The Kier molecular flexibility index (Phi) is 7.73. The molecule has 26 heavy (non-hydrogen) atoms. The Balaban J connectivity index is 2.77. The van der Waals surface area contributed by atoms with Gasteiger partial charge in [0.25, 0.3) is 0 Å².